The van der Waals surface area contributed by atoms with Gasteiger partial charge in [0.15, 0.2) is 0 Å². The van der Waals surface area contributed by atoms with E-state index in [-0.39, 0.29) is 11.8 Å². The predicted octanol–water partition coefficient (Wildman–Crippen LogP) is 2.60. The first-order chi connectivity index (χ1) is 12.0. The molecule has 2 aromatic heterocycles. The Labute approximate surface area is 152 Å². The zero-order valence-electron chi connectivity index (χ0n) is 15.4. The highest BCUT2D eigenvalue weighted by Gasteiger charge is 2.27. The molecule has 1 aliphatic rings. The van der Waals surface area contributed by atoms with Crippen LogP contribution in [0.1, 0.15) is 29.1 Å². The summed E-state index contributed by atoms with van der Waals surface area (Å²) in [6.45, 7) is 9.06. The second-order valence-electron chi connectivity index (χ2n) is 6.60. The van der Waals surface area contributed by atoms with Crippen LogP contribution >= 0.6 is 11.3 Å². The first-order valence-electron chi connectivity index (χ1n) is 8.77. The lowest BCUT2D eigenvalue weighted by atomic mass is 9.95. The number of nitrogens with one attached hydrogen (secondary N) is 1. The standard InChI is InChI=1S/C18H26N4O2S/c1-11-12(2)25-18-15(11)16(20-13(3)21-18)22-8-5-14(6-9-22)17(23)19-7-10-24-4/h14H,5-10H2,1-4H3,(H,19,23). The lowest BCUT2D eigenvalue weighted by Gasteiger charge is -2.32. The number of ether oxygens (including phenoxy) is 1. The van der Waals surface area contributed by atoms with Crippen LogP contribution in [0.2, 0.25) is 0 Å². The Morgan fingerprint density at radius 2 is 2.00 bits per heavy atom. The Hall–Kier alpha value is -1.73. The van der Waals surface area contributed by atoms with Crippen LogP contribution in [0.3, 0.4) is 0 Å². The monoisotopic (exact) mass is 362 g/mol. The van der Waals surface area contributed by atoms with Gasteiger partial charge in [-0.25, -0.2) is 9.97 Å². The minimum atomic E-state index is 0.0804. The minimum absolute atomic E-state index is 0.0804. The molecule has 0 atom stereocenters. The number of fused-ring (bicyclic) bond motifs is 1. The molecule has 0 radical (unpaired) electrons. The van der Waals surface area contributed by atoms with Crippen molar-refractivity contribution in [1.82, 2.24) is 15.3 Å². The zero-order chi connectivity index (χ0) is 18.0. The molecule has 0 saturated carbocycles. The van der Waals surface area contributed by atoms with Crippen LogP contribution in [0.15, 0.2) is 0 Å². The molecular formula is C18H26N4O2S. The van der Waals surface area contributed by atoms with Crippen LogP contribution in [0.4, 0.5) is 5.82 Å². The highest BCUT2D eigenvalue weighted by atomic mass is 32.1. The molecule has 0 spiro atoms. The van der Waals surface area contributed by atoms with E-state index >= 15 is 0 Å². The number of amides is 1. The molecule has 1 amide bonds. The number of methoxy groups -OCH3 is 1. The van der Waals surface area contributed by atoms with E-state index in [1.807, 2.05) is 6.92 Å². The lowest BCUT2D eigenvalue weighted by molar-refractivity contribution is -0.125. The Bertz CT molecular complexity index is 766. The number of carbonyl (C=O) groups excluding carboxylic acids is 1. The number of hydrogen-bond donors (Lipinski definition) is 1. The number of thiophene rings is 1. The fraction of sp³-hybridized carbons (Fsp3) is 0.611. The van der Waals surface area contributed by atoms with E-state index in [1.165, 1.54) is 15.8 Å². The lowest BCUT2D eigenvalue weighted by Crippen LogP contribution is -2.41. The molecule has 2 aromatic rings. The molecule has 1 N–H and O–H groups in total. The Kier molecular flexibility index (Phi) is 5.54. The van der Waals surface area contributed by atoms with Gasteiger partial charge in [0.25, 0.3) is 0 Å². The van der Waals surface area contributed by atoms with Gasteiger partial charge in [0.2, 0.25) is 5.91 Å². The topological polar surface area (TPSA) is 67.3 Å². The second kappa shape index (κ2) is 7.66. The Morgan fingerprint density at radius 3 is 2.68 bits per heavy atom. The van der Waals surface area contributed by atoms with Gasteiger partial charge in [-0.15, -0.1) is 11.3 Å². The third kappa shape index (κ3) is 3.77. The van der Waals surface area contributed by atoms with E-state index in [1.54, 1.807) is 18.4 Å². The van der Waals surface area contributed by atoms with Crippen LogP contribution in [0, 0.1) is 26.7 Å². The SMILES string of the molecule is COCCNC(=O)C1CCN(c2nc(C)nc3sc(C)c(C)c23)CC1. The first kappa shape index (κ1) is 18.1. The number of anilines is 1. The van der Waals surface area contributed by atoms with Gasteiger partial charge in [-0.3, -0.25) is 4.79 Å². The van der Waals surface area contributed by atoms with E-state index in [0.717, 1.165) is 42.4 Å². The van der Waals surface area contributed by atoms with Gasteiger partial charge in [-0.1, -0.05) is 0 Å². The van der Waals surface area contributed by atoms with Gasteiger partial charge >= 0.3 is 0 Å². The van der Waals surface area contributed by atoms with Gasteiger partial charge < -0.3 is 15.0 Å². The molecule has 136 valence electrons. The molecule has 6 nitrogen and oxygen atoms in total. The van der Waals surface area contributed by atoms with E-state index in [2.05, 4.69) is 29.0 Å². The van der Waals surface area contributed by atoms with E-state index in [9.17, 15) is 4.79 Å². The summed E-state index contributed by atoms with van der Waals surface area (Å²) >= 11 is 1.73. The van der Waals surface area contributed by atoms with Crippen LogP contribution in [0.5, 0.6) is 0 Å². The smallest absolute Gasteiger partial charge is 0.223 e. The van der Waals surface area contributed by atoms with Gasteiger partial charge in [0, 0.05) is 37.5 Å². The summed E-state index contributed by atoms with van der Waals surface area (Å²) in [6, 6.07) is 0. The average Bonchev–Trinajstić information content (AvgIpc) is 2.88. The molecule has 7 heteroatoms. The van der Waals surface area contributed by atoms with Crippen molar-refractivity contribution >= 4 is 33.3 Å². The largest absolute Gasteiger partial charge is 0.383 e. The first-order valence-corrected chi connectivity index (χ1v) is 9.59. The quantitative estimate of drug-likeness (QED) is 0.828. The van der Waals surface area contributed by atoms with Crippen molar-refractivity contribution in [1.29, 1.82) is 0 Å². The van der Waals surface area contributed by atoms with E-state index in [4.69, 9.17) is 9.72 Å². The fourth-order valence-corrected chi connectivity index (χ4v) is 4.40. The summed E-state index contributed by atoms with van der Waals surface area (Å²) in [5.74, 6) is 2.06. The maximum atomic E-state index is 12.2. The summed E-state index contributed by atoms with van der Waals surface area (Å²) in [4.78, 5) is 26.2. The summed E-state index contributed by atoms with van der Waals surface area (Å²) in [7, 11) is 1.64. The number of carbonyl (C=O) groups is 1. The molecule has 0 aliphatic carbocycles. The maximum Gasteiger partial charge on any atom is 0.223 e. The number of piperidine rings is 1. The van der Waals surface area contributed by atoms with Crippen molar-refractivity contribution in [3.63, 3.8) is 0 Å². The van der Waals surface area contributed by atoms with E-state index in [0.29, 0.717) is 13.2 Å². The molecule has 3 rings (SSSR count). The molecule has 1 saturated heterocycles. The molecule has 1 fully saturated rings. The van der Waals surface area contributed by atoms with Crippen LogP contribution in [0.25, 0.3) is 10.2 Å². The van der Waals surface area contributed by atoms with Gasteiger partial charge in [0.05, 0.1) is 12.0 Å². The highest BCUT2D eigenvalue weighted by Crippen LogP contribution is 2.36. The van der Waals surface area contributed by atoms with Crippen molar-refractivity contribution in [2.45, 2.75) is 33.6 Å². The van der Waals surface area contributed by atoms with Crippen LogP contribution in [-0.2, 0) is 9.53 Å². The Balaban J connectivity index is 1.73. The summed E-state index contributed by atoms with van der Waals surface area (Å²) in [5, 5.41) is 4.13. The molecule has 0 unspecified atom stereocenters. The predicted molar refractivity (Wildman–Crippen MR) is 101 cm³/mol. The number of nitrogens with zero attached hydrogens (tertiary/aromatic N) is 3. The van der Waals surface area contributed by atoms with Crippen LogP contribution in [-0.4, -0.2) is 49.2 Å². The number of hydrogen-bond acceptors (Lipinski definition) is 6. The summed E-state index contributed by atoms with van der Waals surface area (Å²) in [5.41, 5.74) is 1.27. The Morgan fingerprint density at radius 1 is 1.28 bits per heavy atom. The molecule has 0 bridgehead atoms. The number of aromatic nitrogens is 2. The van der Waals surface area contributed by atoms with Crippen molar-refractivity contribution in [2.75, 3.05) is 38.3 Å². The average molecular weight is 362 g/mol. The van der Waals surface area contributed by atoms with Gasteiger partial charge in [0.1, 0.15) is 16.5 Å². The minimum Gasteiger partial charge on any atom is -0.383 e. The highest BCUT2D eigenvalue weighted by molar-refractivity contribution is 7.18. The summed E-state index contributed by atoms with van der Waals surface area (Å²) < 4.78 is 4.98. The van der Waals surface area contributed by atoms with Crippen LogP contribution < -0.4 is 10.2 Å². The number of aryl methyl sites for hydroxylation is 3. The number of rotatable bonds is 5. The second-order valence-corrected chi connectivity index (χ2v) is 7.81. The fourth-order valence-electron chi connectivity index (χ4n) is 3.34. The molecule has 3 heterocycles. The molecular weight excluding hydrogens is 336 g/mol. The van der Waals surface area contributed by atoms with Gasteiger partial charge in [-0.05, 0) is 39.2 Å². The zero-order valence-corrected chi connectivity index (χ0v) is 16.2. The normalized spacial score (nSPS) is 15.8. The third-order valence-electron chi connectivity index (χ3n) is 4.89. The maximum absolute atomic E-state index is 12.2. The molecule has 1 aliphatic heterocycles. The summed E-state index contributed by atoms with van der Waals surface area (Å²) in [6.07, 6.45) is 1.71. The molecule has 25 heavy (non-hydrogen) atoms. The van der Waals surface area contributed by atoms with Crippen molar-refractivity contribution in [2.24, 2.45) is 5.92 Å². The van der Waals surface area contributed by atoms with Gasteiger partial charge in [-0.2, -0.15) is 0 Å². The van der Waals surface area contributed by atoms with Crippen molar-refractivity contribution in [3.8, 4) is 0 Å². The van der Waals surface area contributed by atoms with E-state index < -0.39 is 0 Å². The van der Waals surface area contributed by atoms with Crippen molar-refractivity contribution < 1.29 is 9.53 Å². The molecule has 0 aromatic carbocycles. The van der Waals surface area contributed by atoms with Crippen molar-refractivity contribution in [3.05, 3.63) is 16.3 Å². The third-order valence-corrected chi connectivity index (χ3v) is 5.99.